The Kier molecular flexibility index (Phi) is 7.59. The van der Waals surface area contributed by atoms with E-state index in [0.717, 1.165) is 31.3 Å². The van der Waals surface area contributed by atoms with Crippen LogP contribution < -0.4 is 10.6 Å². The van der Waals surface area contributed by atoms with Gasteiger partial charge in [-0.3, -0.25) is 4.68 Å². The van der Waals surface area contributed by atoms with Gasteiger partial charge in [0.2, 0.25) is 0 Å². The highest BCUT2D eigenvalue weighted by Crippen LogP contribution is 2.18. The second-order valence-electron chi connectivity index (χ2n) is 6.45. The van der Waals surface area contributed by atoms with Crippen LogP contribution >= 0.6 is 0 Å². The van der Waals surface area contributed by atoms with E-state index in [4.69, 9.17) is 0 Å². The molecule has 0 fully saturated rings. The summed E-state index contributed by atoms with van der Waals surface area (Å²) in [6.45, 7) is 6.30. The molecule has 0 aliphatic rings. The lowest BCUT2D eigenvalue weighted by Gasteiger charge is -2.26. The smallest absolute Gasteiger partial charge is 0.191 e. The minimum absolute atomic E-state index is 0.264. The summed E-state index contributed by atoms with van der Waals surface area (Å²) in [5.41, 5.74) is 2.65. The van der Waals surface area contributed by atoms with Crippen molar-refractivity contribution >= 4 is 5.96 Å². The molecule has 0 spiro atoms. The molecule has 1 unspecified atom stereocenters. The normalized spacial score (nSPS) is 13.1. The molecule has 2 N–H and O–H groups in total. The van der Waals surface area contributed by atoms with Gasteiger partial charge in [0.25, 0.3) is 0 Å². The quantitative estimate of drug-likeness (QED) is 0.556. The molecule has 142 valence electrons. The number of aryl methyl sites for hydroxylation is 2. The lowest BCUT2D eigenvalue weighted by molar-refractivity contribution is 0.298. The van der Waals surface area contributed by atoms with Gasteiger partial charge in [0.15, 0.2) is 5.96 Å². The third-order valence-corrected chi connectivity index (χ3v) is 4.39. The van der Waals surface area contributed by atoms with E-state index in [1.165, 1.54) is 11.1 Å². The minimum Gasteiger partial charge on any atom is -0.357 e. The Labute approximate surface area is 156 Å². The number of rotatable bonds is 8. The van der Waals surface area contributed by atoms with Crippen molar-refractivity contribution in [2.45, 2.75) is 32.9 Å². The molecular formula is C19H31N7. The average Bonchev–Trinajstić information content (AvgIpc) is 3.05. The van der Waals surface area contributed by atoms with E-state index in [-0.39, 0.29) is 6.04 Å². The van der Waals surface area contributed by atoms with E-state index in [1.54, 1.807) is 11.0 Å². The maximum absolute atomic E-state index is 4.62. The molecule has 7 heteroatoms. The van der Waals surface area contributed by atoms with Crippen molar-refractivity contribution in [3.8, 4) is 0 Å². The summed E-state index contributed by atoms with van der Waals surface area (Å²) < 4.78 is 1.74. The standard InChI is InChI=1S/C19H31N7/c1-6-15-8-10-16(11-9-15)17(25(3)4)12-21-19(20-7-2)22-13-18-23-14-24-26(18)5/h8-11,14,17H,6-7,12-13H2,1-5H3,(H2,20,21,22). The van der Waals surface area contributed by atoms with Crippen LogP contribution in [0, 0.1) is 0 Å². The maximum atomic E-state index is 4.62. The van der Waals surface area contributed by atoms with Gasteiger partial charge in [-0.1, -0.05) is 31.2 Å². The monoisotopic (exact) mass is 357 g/mol. The molecule has 1 aromatic carbocycles. The average molecular weight is 358 g/mol. The van der Waals surface area contributed by atoms with Gasteiger partial charge in [-0.15, -0.1) is 0 Å². The first kappa shape index (κ1) is 19.9. The van der Waals surface area contributed by atoms with Gasteiger partial charge in [-0.05, 0) is 38.6 Å². The Morgan fingerprint density at radius 2 is 1.92 bits per heavy atom. The van der Waals surface area contributed by atoms with E-state index in [9.17, 15) is 0 Å². The minimum atomic E-state index is 0.264. The van der Waals surface area contributed by atoms with Gasteiger partial charge in [-0.2, -0.15) is 5.10 Å². The number of nitrogens with one attached hydrogen (secondary N) is 2. The van der Waals surface area contributed by atoms with E-state index in [2.05, 4.69) is 82.8 Å². The number of aromatic nitrogens is 3. The Morgan fingerprint density at radius 3 is 2.46 bits per heavy atom. The number of guanidine groups is 1. The number of benzene rings is 1. The van der Waals surface area contributed by atoms with E-state index < -0.39 is 0 Å². The zero-order valence-electron chi connectivity index (χ0n) is 16.5. The maximum Gasteiger partial charge on any atom is 0.191 e. The molecule has 7 nitrogen and oxygen atoms in total. The first-order valence-electron chi connectivity index (χ1n) is 9.15. The number of nitrogens with zero attached hydrogens (tertiary/aromatic N) is 5. The molecule has 1 atom stereocenters. The van der Waals surface area contributed by atoms with Gasteiger partial charge in [-0.25, -0.2) is 9.98 Å². The summed E-state index contributed by atoms with van der Waals surface area (Å²) in [5, 5.41) is 10.8. The third-order valence-electron chi connectivity index (χ3n) is 4.39. The van der Waals surface area contributed by atoms with E-state index in [1.807, 2.05) is 7.05 Å². The fraction of sp³-hybridized carbons (Fsp3) is 0.526. The molecule has 2 aromatic rings. The predicted molar refractivity (Wildman–Crippen MR) is 106 cm³/mol. The fourth-order valence-electron chi connectivity index (χ4n) is 2.72. The van der Waals surface area contributed by atoms with Gasteiger partial charge >= 0.3 is 0 Å². The first-order chi connectivity index (χ1) is 12.5. The van der Waals surface area contributed by atoms with Crippen LogP contribution in [0.4, 0.5) is 0 Å². The van der Waals surface area contributed by atoms with Crippen LogP contribution in [0.5, 0.6) is 0 Å². The molecule has 2 rings (SSSR count). The van der Waals surface area contributed by atoms with Crippen LogP contribution in [0.15, 0.2) is 35.6 Å². The number of likely N-dealkylation sites (N-methyl/N-ethyl adjacent to an activating group) is 1. The van der Waals surface area contributed by atoms with Gasteiger partial charge in [0.1, 0.15) is 18.7 Å². The SMILES string of the molecule is CCNC(=NCc1ncnn1C)NCC(c1ccc(CC)cc1)N(C)C. The molecule has 0 aliphatic carbocycles. The molecule has 0 radical (unpaired) electrons. The van der Waals surface area contributed by atoms with Crippen molar-refractivity contribution in [1.29, 1.82) is 0 Å². The molecule has 0 saturated carbocycles. The van der Waals surface area contributed by atoms with Crippen molar-refractivity contribution in [2.24, 2.45) is 12.0 Å². The van der Waals surface area contributed by atoms with Crippen molar-refractivity contribution in [1.82, 2.24) is 30.3 Å². The lowest BCUT2D eigenvalue weighted by atomic mass is 10.0. The first-order valence-corrected chi connectivity index (χ1v) is 9.15. The number of hydrogen-bond donors (Lipinski definition) is 2. The van der Waals surface area contributed by atoms with Crippen LogP contribution in [0.1, 0.15) is 36.8 Å². The Hall–Kier alpha value is -2.41. The van der Waals surface area contributed by atoms with E-state index in [0.29, 0.717) is 6.54 Å². The molecule has 1 heterocycles. The van der Waals surface area contributed by atoms with Crippen LogP contribution in [0.2, 0.25) is 0 Å². The van der Waals surface area contributed by atoms with Gasteiger partial charge < -0.3 is 15.5 Å². The zero-order valence-corrected chi connectivity index (χ0v) is 16.5. The number of hydrogen-bond acceptors (Lipinski definition) is 4. The Bertz CT molecular complexity index is 688. The van der Waals surface area contributed by atoms with Crippen LogP contribution in [0.25, 0.3) is 0 Å². The van der Waals surface area contributed by atoms with Crippen molar-refractivity contribution in [3.05, 3.63) is 47.5 Å². The van der Waals surface area contributed by atoms with Gasteiger partial charge in [0.05, 0.1) is 6.04 Å². The van der Waals surface area contributed by atoms with Crippen molar-refractivity contribution in [2.75, 3.05) is 27.2 Å². The summed E-state index contributed by atoms with van der Waals surface area (Å²) in [7, 11) is 6.08. The lowest BCUT2D eigenvalue weighted by Crippen LogP contribution is -2.41. The summed E-state index contributed by atoms with van der Waals surface area (Å²) in [4.78, 5) is 11.1. The predicted octanol–water partition coefficient (Wildman–Crippen LogP) is 1.74. The second-order valence-corrected chi connectivity index (χ2v) is 6.45. The molecule has 0 amide bonds. The Balaban J connectivity index is 2.04. The highest BCUT2D eigenvalue weighted by atomic mass is 15.3. The molecular weight excluding hydrogens is 326 g/mol. The molecule has 0 aliphatic heterocycles. The van der Waals surface area contributed by atoms with Crippen molar-refractivity contribution < 1.29 is 0 Å². The van der Waals surface area contributed by atoms with E-state index >= 15 is 0 Å². The molecule has 0 bridgehead atoms. The largest absolute Gasteiger partial charge is 0.357 e. The summed E-state index contributed by atoms with van der Waals surface area (Å²) >= 11 is 0. The highest BCUT2D eigenvalue weighted by molar-refractivity contribution is 5.79. The fourth-order valence-corrected chi connectivity index (χ4v) is 2.72. The number of aliphatic imine (C=N–C) groups is 1. The Morgan fingerprint density at radius 1 is 1.19 bits per heavy atom. The van der Waals surface area contributed by atoms with Gasteiger partial charge in [0, 0.05) is 20.1 Å². The van der Waals surface area contributed by atoms with Crippen LogP contribution in [0.3, 0.4) is 0 Å². The zero-order chi connectivity index (χ0) is 18.9. The molecule has 0 saturated heterocycles. The summed E-state index contributed by atoms with van der Waals surface area (Å²) in [6.07, 6.45) is 2.61. The summed E-state index contributed by atoms with van der Waals surface area (Å²) in [6, 6.07) is 9.11. The van der Waals surface area contributed by atoms with Crippen molar-refractivity contribution in [3.63, 3.8) is 0 Å². The molecule has 1 aromatic heterocycles. The van der Waals surface area contributed by atoms with Crippen LogP contribution in [-0.4, -0.2) is 52.8 Å². The third kappa shape index (κ3) is 5.56. The summed E-state index contributed by atoms with van der Waals surface area (Å²) in [5.74, 6) is 1.62. The van der Waals surface area contributed by atoms with Crippen LogP contribution in [-0.2, 0) is 20.0 Å². The molecule has 26 heavy (non-hydrogen) atoms. The topological polar surface area (TPSA) is 70.4 Å². The highest BCUT2D eigenvalue weighted by Gasteiger charge is 2.14. The second kappa shape index (κ2) is 9.91.